The number of ether oxygens (including phenoxy) is 1. The van der Waals surface area contributed by atoms with E-state index >= 15 is 0 Å². The van der Waals surface area contributed by atoms with Crippen molar-refractivity contribution in [3.05, 3.63) is 29.8 Å². The second-order valence-electron chi connectivity index (χ2n) is 7.05. The number of hydrogen-bond donors (Lipinski definition) is 2. The molecule has 1 aliphatic carbocycles. The number of hydrogen-bond acceptors (Lipinski definition) is 3. The van der Waals surface area contributed by atoms with Crippen molar-refractivity contribution in [2.75, 3.05) is 6.61 Å². The molecular formula is C18H25NO4. The lowest BCUT2D eigenvalue weighted by Crippen LogP contribution is -2.30. The fourth-order valence-electron chi connectivity index (χ4n) is 2.45. The van der Waals surface area contributed by atoms with Gasteiger partial charge in [-0.05, 0) is 30.2 Å². The van der Waals surface area contributed by atoms with Crippen molar-refractivity contribution in [2.24, 2.45) is 11.3 Å². The molecule has 0 bridgehead atoms. The van der Waals surface area contributed by atoms with Crippen LogP contribution in [0.2, 0.25) is 0 Å². The fraction of sp³-hybridized carbons (Fsp3) is 0.556. The Morgan fingerprint density at radius 1 is 1.26 bits per heavy atom. The first-order valence-electron chi connectivity index (χ1n) is 8.05. The molecule has 0 heterocycles. The summed E-state index contributed by atoms with van der Waals surface area (Å²) in [5, 5.41) is 11.7. The molecule has 1 aliphatic rings. The average molecular weight is 319 g/mol. The Morgan fingerprint density at radius 3 is 2.61 bits per heavy atom. The number of carbonyl (C=O) groups is 2. The molecule has 0 aromatic heterocycles. The minimum absolute atomic E-state index is 0.0263. The molecule has 0 spiro atoms. The zero-order valence-electron chi connectivity index (χ0n) is 13.8. The quantitative estimate of drug-likeness (QED) is 0.733. The van der Waals surface area contributed by atoms with Gasteiger partial charge in [-0.3, -0.25) is 9.59 Å². The minimum Gasteiger partial charge on any atom is -0.493 e. The van der Waals surface area contributed by atoms with Crippen molar-refractivity contribution >= 4 is 11.9 Å². The molecule has 1 saturated carbocycles. The Kier molecular flexibility index (Phi) is 5.64. The van der Waals surface area contributed by atoms with E-state index in [9.17, 15) is 9.59 Å². The Balaban J connectivity index is 1.84. The second-order valence-corrected chi connectivity index (χ2v) is 7.05. The maximum absolute atomic E-state index is 12.1. The molecule has 126 valence electrons. The predicted octanol–water partition coefficient (Wildman–Crippen LogP) is 2.98. The molecule has 2 N–H and O–H groups in total. The third-order valence-electron chi connectivity index (χ3n) is 3.89. The Hall–Kier alpha value is -2.04. The van der Waals surface area contributed by atoms with Crippen molar-refractivity contribution < 1.29 is 19.4 Å². The van der Waals surface area contributed by atoms with Gasteiger partial charge >= 0.3 is 5.97 Å². The summed E-state index contributed by atoms with van der Waals surface area (Å²) in [6.45, 7) is 4.69. The summed E-state index contributed by atoms with van der Waals surface area (Å²) in [4.78, 5) is 22.9. The van der Waals surface area contributed by atoms with E-state index in [2.05, 4.69) is 5.32 Å². The first-order valence-corrected chi connectivity index (χ1v) is 8.05. The van der Waals surface area contributed by atoms with Crippen LogP contribution in [0.3, 0.4) is 0 Å². The summed E-state index contributed by atoms with van der Waals surface area (Å²) < 4.78 is 5.82. The Bertz CT molecular complexity index is 564. The van der Waals surface area contributed by atoms with Gasteiger partial charge in [0.1, 0.15) is 5.75 Å². The number of aliphatic carboxylic acids is 1. The van der Waals surface area contributed by atoms with Crippen molar-refractivity contribution in [2.45, 2.75) is 46.1 Å². The monoisotopic (exact) mass is 319 g/mol. The molecule has 1 fully saturated rings. The molecule has 5 heteroatoms. The smallest absolute Gasteiger partial charge is 0.303 e. The van der Waals surface area contributed by atoms with Crippen LogP contribution in [0, 0.1) is 11.3 Å². The van der Waals surface area contributed by atoms with Crippen LogP contribution in [-0.2, 0) is 16.1 Å². The van der Waals surface area contributed by atoms with Gasteiger partial charge in [0.25, 0.3) is 0 Å². The van der Waals surface area contributed by atoms with Crippen LogP contribution in [0.15, 0.2) is 24.3 Å². The van der Waals surface area contributed by atoms with Crippen molar-refractivity contribution in [3.8, 4) is 5.75 Å². The number of carboxylic acid groups (broad SMARTS) is 1. The van der Waals surface area contributed by atoms with E-state index in [0.717, 1.165) is 17.9 Å². The highest BCUT2D eigenvalue weighted by atomic mass is 16.5. The van der Waals surface area contributed by atoms with E-state index in [1.807, 2.05) is 24.3 Å². The average Bonchev–Trinajstić information content (AvgIpc) is 3.26. The Labute approximate surface area is 137 Å². The fourth-order valence-corrected chi connectivity index (χ4v) is 2.45. The normalized spacial score (nSPS) is 14.3. The van der Waals surface area contributed by atoms with E-state index in [1.165, 1.54) is 12.8 Å². The van der Waals surface area contributed by atoms with Crippen LogP contribution in [0.5, 0.6) is 5.75 Å². The van der Waals surface area contributed by atoms with E-state index < -0.39 is 11.4 Å². The van der Waals surface area contributed by atoms with Crippen LogP contribution >= 0.6 is 0 Å². The molecule has 0 aliphatic heterocycles. The van der Waals surface area contributed by atoms with Gasteiger partial charge in [-0.25, -0.2) is 0 Å². The van der Waals surface area contributed by atoms with Gasteiger partial charge in [0, 0.05) is 18.5 Å². The van der Waals surface area contributed by atoms with Gasteiger partial charge in [-0.1, -0.05) is 32.0 Å². The summed E-state index contributed by atoms with van der Waals surface area (Å²) in [6.07, 6.45) is 2.63. The number of amides is 1. The lowest BCUT2D eigenvalue weighted by Gasteiger charge is -2.21. The third kappa shape index (κ3) is 6.30. The van der Waals surface area contributed by atoms with Crippen molar-refractivity contribution in [3.63, 3.8) is 0 Å². The maximum Gasteiger partial charge on any atom is 0.303 e. The van der Waals surface area contributed by atoms with E-state index in [1.54, 1.807) is 13.8 Å². The van der Waals surface area contributed by atoms with Gasteiger partial charge in [0.15, 0.2) is 0 Å². The first-order chi connectivity index (χ1) is 10.9. The van der Waals surface area contributed by atoms with Crippen LogP contribution in [0.1, 0.15) is 45.1 Å². The van der Waals surface area contributed by atoms with Gasteiger partial charge in [0.05, 0.1) is 13.0 Å². The van der Waals surface area contributed by atoms with Gasteiger partial charge in [0.2, 0.25) is 5.91 Å². The van der Waals surface area contributed by atoms with Crippen molar-refractivity contribution in [1.82, 2.24) is 5.32 Å². The molecule has 1 aromatic rings. The molecule has 1 amide bonds. The van der Waals surface area contributed by atoms with Crippen LogP contribution in [-0.4, -0.2) is 23.6 Å². The van der Waals surface area contributed by atoms with E-state index in [-0.39, 0.29) is 18.7 Å². The summed E-state index contributed by atoms with van der Waals surface area (Å²) in [6, 6.07) is 7.69. The van der Waals surface area contributed by atoms with E-state index in [4.69, 9.17) is 9.84 Å². The SMILES string of the molecule is CC(C)(CC(=O)O)CC(=O)NCc1ccccc1OCC1CC1. The molecule has 0 unspecified atom stereocenters. The zero-order valence-corrected chi connectivity index (χ0v) is 13.8. The first kappa shape index (κ1) is 17.3. The molecule has 1 aromatic carbocycles. The zero-order chi connectivity index (χ0) is 16.9. The number of para-hydroxylation sites is 1. The van der Waals surface area contributed by atoms with Crippen LogP contribution < -0.4 is 10.1 Å². The summed E-state index contributed by atoms with van der Waals surface area (Å²) >= 11 is 0. The summed E-state index contributed by atoms with van der Waals surface area (Å²) in [5.74, 6) is 0.453. The standard InChI is InChI=1S/C18H25NO4/c1-18(2,10-17(21)22)9-16(20)19-11-14-5-3-4-6-15(14)23-12-13-7-8-13/h3-6,13H,7-12H2,1-2H3,(H,19,20)(H,21,22). The van der Waals surface area contributed by atoms with Gasteiger partial charge in [-0.15, -0.1) is 0 Å². The molecule has 0 saturated heterocycles. The van der Waals surface area contributed by atoms with Crippen LogP contribution in [0.4, 0.5) is 0 Å². The lowest BCUT2D eigenvalue weighted by molar-refractivity contribution is -0.139. The minimum atomic E-state index is -0.887. The number of rotatable bonds is 9. The molecule has 0 atom stereocenters. The molecule has 2 rings (SSSR count). The molecule has 0 radical (unpaired) electrons. The Morgan fingerprint density at radius 2 is 1.96 bits per heavy atom. The van der Waals surface area contributed by atoms with Gasteiger partial charge < -0.3 is 15.2 Å². The number of carboxylic acids is 1. The number of carbonyl (C=O) groups excluding carboxylic acids is 1. The third-order valence-corrected chi connectivity index (χ3v) is 3.89. The number of nitrogens with one attached hydrogen (secondary N) is 1. The largest absolute Gasteiger partial charge is 0.493 e. The highest BCUT2D eigenvalue weighted by Crippen LogP contribution is 2.30. The summed E-state index contributed by atoms with van der Waals surface area (Å²) in [7, 11) is 0. The van der Waals surface area contributed by atoms with Crippen molar-refractivity contribution in [1.29, 1.82) is 0 Å². The topological polar surface area (TPSA) is 75.6 Å². The van der Waals surface area contributed by atoms with Gasteiger partial charge in [-0.2, -0.15) is 0 Å². The molecule has 5 nitrogen and oxygen atoms in total. The summed E-state index contributed by atoms with van der Waals surface area (Å²) in [5.41, 5.74) is 0.385. The molecule has 23 heavy (non-hydrogen) atoms. The van der Waals surface area contributed by atoms with E-state index in [0.29, 0.717) is 12.5 Å². The molecular weight excluding hydrogens is 294 g/mol. The highest BCUT2D eigenvalue weighted by Gasteiger charge is 2.25. The second kappa shape index (κ2) is 7.49. The number of benzene rings is 1. The maximum atomic E-state index is 12.1. The highest BCUT2D eigenvalue weighted by molar-refractivity contribution is 5.78. The lowest BCUT2D eigenvalue weighted by atomic mass is 9.85. The van der Waals surface area contributed by atoms with Crippen LogP contribution in [0.25, 0.3) is 0 Å². The predicted molar refractivity (Wildman–Crippen MR) is 87.2 cm³/mol.